The van der Waals surface area contributed by atoms with E-state index in [0.717, 1.165) is 19.4 Å². The van der Waals surface area contributed by atoms with E-state index in [4.69, 9.17) is 10.5 Å². The van der Waals surface area contributed by atoms with Crippen LogP contribution in [0.15, 0.2) is 4.99 Å². The van der Waals surface area contributed by atoms with Gasteiger partial charge in [0.25, 0.3) is 0 Å². The first-order valence-corrected chi connectivity index (χ1v) is 5.90. The van der Waals surface area contributed by atoms with Gasteiger partial charge in [-0.15, -0.1) is 0 Å². The average Bonchev–Trinajstić information content (AvgIpc) is 2.11. The highest BCUT2D eigenvalue weighted by Crippen LogP contribution is 2.20. The van der Waals surface area contributed by atoms with E-state index in [1.165, 1.54) is 0 Å². The smallest absolute Gasteiger partial charge is 0.188 e. The van der Waals surface area contributed by atoms with Crippen molar-refractivity contribution in [2.24, 2.45) is 16.1 Å². The Morgan fingerprint density at radius 1 is 1.44 bits per heavy atom. The highest BCUT2D eigenvalue weighted by molar-refractivity contribution is 5.78. The summed E-state index contributed by atoms with van der Waals surface area (Å²) in [6.07, 6.45) is 2.24. The lowest BCUT2D eigenvalue weighted by atomic mass is 9.91. The first kappa shape index (κ1) is 15.2. The van der Waals surface area contributed by atoms with Gasteiger partial charge in [-0.3, -0.25) is 4.99 Å². The van der Waals surface area contributed by atoms with Crippen LogP contribution >= 0.6 is 0 Å². The van der Waals surface area contributed by atoms with Crippen LogP contribution in [0, 0.1) is 5.41 Å². The Labute approximate surface area is 99.7 Å². The first-order valence-electron chi connectivity index (χ1n) is 5.90. The predicted molar refractivity (Wildman–Crippen MR) is 69.7 cm³/mol. The molecule has 16 heavy (non-hydrogen) atoms. The molecule has 96 valence electrons. The predicted octanol–water partition coefficient (Wildman–Crippen LogP) is 1.75. The SMILES string of the molecule is COCC(C)NC(N)=NCCCC(C)(C)C. The van der Waals surface area contributed by atoms with Gasteiger partial charge in [0, 0.05) is 19.7 Å². The molecule has 1 atom stereocenters. The molecule has 0 saturated carbocycles. The van der Waals surface area contributed by atoms with Crippen molar-refractivity contribution in [1.29, 1.82) is 0 Å². The standard InChI is InChI=1S/C12H27N3O/c1-10(9-16-5)15-11(13)14-8-6-7-12(2,3)4/h10H,6-9H2,1-5H3,(H3,13,14,15). The molecule has 0 aromatic heterocycles. The molecule has 0 heterocycles. The van der Waals surface area contributed by atoms with Crippen molar-refractivity contribution in [3.05, 3.63) is 0 Å². The van der Waals surface area contributed by atoms with Crippen molar-refractivity contribution in [2.75, 3.05) is 20.3 Å². The van der Waals surface area contributed by atoms with Gasteiger partial charge in [-0.05, 0) is 25.2 Å². The fourth-order valence-corrected chi connectivity index (χ4v) is 1.40. The lowest BCUT2D eigenvalue weighted by molar-refractivity contribution is 0.179. The van der Waals surface area contributed by atoms with Gasteiger partial charge in [-0.25, -0.2) is 0 Å². The maximum Gasteiger partial charge on any atom is 0.188 e. The van der Waals surface area contributed by atoms with E-state index in [0.29, 0.717) is 18.0 Å². The van der Waals surface area contributed by atoms with E-state index in [2.05, 4.69) is 31.1 Å². The van der Waals surface area contributed by atoms with Crippen molar-refractivity contribution in [3.63, 3.8) is 0 Å². The van der Waals surface area contributed by atoms with Crippen LogP contribution in [-0.4, -0.2) is 32.3 Å². The molecule has 0 spiro atoms. The number of nitrogens with zero attached hydrogens (tertiary/aromatic N) is 1. The second-order valence-corrected chi connectivity index (χ2v) is 5.43. The number of nitrogens with two attached hydrogens (primary N) is 1. The number of nitrogens with one attached hydrogen (secondary N) is 1. The van der Waals surface area contributed by atoms with Crippen LogP contribution < -0.4 is 11.1 Å². The lowest BCUT2D eigenvalue weighted by Crippen LogP contribution is -2.40. The summed E-state index contributed by atoms with van der Waals surface area (Å²) in [6.45, 7) is 10.1. The van der Waals surface area contributed by atoms with Gasteiger partial charge in [0.2, 0.25) is 0 Å². The molecule has 3 N–H and O–H groups in total. The Morgan fingerprint density at radius 3 is 2.56 bits per heavy atom. The molecule has 1 unspecified atom stereocenters. The molecule has 0 radical (unpaired) electrons. The molecule has 0 aromatic carbocycles. The number of methoxy groups -OCH3 is 1. The minimum atomic E-state index is 0.205. The van der Waals surface area contributed by atoms with Crippen molar-refractivity contribution in [3.8, 4) is 0 Å². The molecule has 0 amide bonds. The first-order chi connectivity index (χ1) is 7.35. The van der Waals surface area contributed by atoms with Gasteiger partial charge < -0.3 is 15.8 Å². The van der Waals surface area contributed by atoms with Crippen molar-refractivity contribution in [1.82, 2.24) is 5.32 Å². The zero-order valence-corrected chi connectivity index (χ0v) is 11.3. The third-order valence-corrected chi connectivity index (χ3v) is 2.18. The molecule has 4 heteroatoms. The lowest BCUT2D eigenvalue weighted by Gasteiger charge is -2.17. The number of ether oxygens (including phenoxy) is 1. The Bertz CT molecular complexity index is 209. The third-order valence-electron chi connectivity index (χ3n) is 2.18. The fourth-order valence-electron chi connectivity index (χ4n) is 1.40. The van der Waals surface area contributed by atoms with E-state index < -0.39 is 0 Å². The summed E-state index contributed by atoms with van der Waals surface area (Å²) in [4.78, 5) is 4.28. The molecule has 0 rings (SSSR count). The second kappa shape index (κ2) is 7.49. The van der Waals surface area contributed by atoms with Gasteiger partial charge in [-0.1, -0.05) is 20.8 Å². The molecule has 0 aliphatic rings. The average molecular weight is 229 g/mol. The number of guanidine groups is 1. The molecular weight excluding hydrogens is 202 g/mol. The molecular formula is C12H27N3O. The van der Waals surface area contributed by atoms with Gasteiger partial charge >= 0.3 is 0 Å². The monoisotopic (exact) mass is 229 g/mol. The number of hydrogen-bond acceptors (Lipinski definition) is 2. The zero-order valence-electron chi connectivity index (χ0n) is 11.3. The normalized spacial score (nSPS) is 14.9. The van der Waals surface area contributed by atoms with E-state index in [1.54, 1.807) is 7.11 Å². The van der Waals surface area contributed by atoms with Gasteiger partial charge in [0.15, 0.2) is 5.96 Å². The van der Waals surface area contributed by atoms with Gasteiger partial charge in [0.05, 0.1) is 6.61 Å². The molecule has 0 aliphatic carbocycles. The summed E-state index contributed by atoms with van der Waals surface area (Å²) in [7, 11) is 1.68. The van der Waals surface area contributed by atoms with E-state index in [-0.39, 0.29) is 6.04 Å². The number of rotatable bonds is 6. The largest absolute Gasteiger partial charge is 0.383 e. The van der Waals surface area contributed by atoms with Gasteiger partial charge in [0.1, 0.15) is 0 Å². The molecule has 0 aliphatic heterocycles. The Kier molecular flexibility index (Phi) is 7.13. The molecule has 0 bridgehead atoms. The summed E-state index contributed by atoms with van der Waals surface area (Å²) in [6, 6.07) is 0.205. The van der Waals surface area contributed by atoms with E-state index in [9.17, 15) is 0 Å². The highest BCUT2D eigenvalue weighted by atomic mass is 16.5. The maximum atomic E-state index is 5.74. The summed E-state index contributed by atoms with van der Waals surface area (Å²) >= 11 is 0. The van der Waals surface area contributed by atoms with Crippen molar-refractivity contribution >= 4 is 5.96 Å². The summed E-state index contributed by atoms with van der Waals surface area (Å²) in [5, 5.41) is 3.08. The topological polar surface area (TPSA) is 59.6 Å². The summed E-state index contributed by atoms with van der Waals surface area (Å²) < 4.78 is 5.00. The van der Waals surface area contributed by atoms with E-state index >= 15 is 0 Å². The second-order valence-electron chi connectivity index (χ2n) is 5.43. The van der Waals surface area contributed by atoms with Crippen LogP contribution in [0.4, 0.5) is 0 Å². The quantitative estimate of drug-likeness (QED) is 0.414. The van der Waals surface area contributed by atoms with Crippen LogP contribution in [0.1, 0.15) is 40.5 Å². The minimum Gasteiger partial charge on any atom is -0.383 e. The number of aliphatic imine (C=N–C) groups is 1. The third kappa shape index (κ3) is 9.77. The summed E-state index contributed by atoms with van der Waals surface area (Å²) in [5.41, 5.74) is 6.11. The van der Waals surface area contributed by atoms with Crippen LogP contribution in [0.25, 0.3) is 0 Å². The van der Waals surface area contributed by atoms with E-state index in [1.807, 2.05) is 6.92 Å². The Balaban J connectivity index is 3.70. The Morgan fingerprint density at radius 2 is 2.06 bits per heavy atom. The Hall–Kier alpha value is -0.770. The van der Waals surface area contributed by atoms with Crippen LogP contribution in [0.2, 0.25) is 0 Å². The molecule has 4 nitrogen and oxygen atoms in total. The van der Waals surface area contributed by atoms with Gasteiger partial charge in [-0.2, -0.15) is 0 Å². The zero-order chi connectivity index (χ0) is 12.6. The highest BCUT2D eigenvalue weighted by Gasteiger charge is 2.08. The maximum absolute atomic E-state index is 5.74. The van der Waals surface area contributed by atoms with Crippen LogP contribution in [0.5, 0.6) is 0 Å². The van der Waals surface area contributed by atoms with Crippen LogP contribution in [0.3, 0.4) is 0 Å². The number of hydrogen-bond donors (Lipinski definition) is 2. The molecule has 0 saturated heterocycles. The summed E-state index contributed by atoms with van der Waals surface area (Å²) in [5.74, 6) is 0.512. The minimum absolute atomic E-state index is 0.205. The molecule has 0 fully saturated rings. The fraction of sp³-hybridized carbons (Fsp3) is 0.917. The van der Waals surface area contributed by atoms with Crippen molar-refractivity contribution in [2.45, 2.75) is 46.6 Å². The van der Waals surface area contributed by atoms with Crippen LogP contribution in [-0.2, 0) is 4.74 Å². The van der Waals surface area contributed by atoms with Crippen molar-refractivity contribution < 1.29 is 4.74 Å². The molecule has 0 aromatic rings.